The van der Waals surface area contributed by atoms with E-state index in [1.165, 1.54) is 12.0 Å². The fraction of sp³-hybridized carbons (Fsp3) is 0.600. The Morgan fingerprint density at radius 2 is 2.40 bits per heavy atom. The van der Waals surface area contributed by atoms with Crippen LogP contribution in [-0.4, -0.2) is 36.1 Å². The van der Waals surface area contributed by atoms with Gasteiger partial charge in [-0.15, -0.1) is 11.3 Å². The van der Waals surface area contributed by atoms with E-state index in [9.17, 15) is 4.79 Å². The van der Waals surface area contributed by atoms with E-state index in [0.29, 0.717) is 6.54 Å². The number of likely N-dealkylation sites (N-methyl/N-ethyl adjacent to an activating group) is 1. The molecule has 0 bridgehead atoms. The van der Waals surface area contributed by atoms with Gasteiger partial charge >= 0.3 is 5.97 Å². The first-order valence-corrected chi connectivity index (χ1v) is 5.67. The third-order valence-electron chi connectivity index (χ3n) is 2.08. The maximum Gasteiger partial charge on any atom is 0.319 e. The van der Waals surface area contributed by atoms with Crippen molar-refractivity contribution in [3.05, 3.63) is 16.1 Å². The van der Waals surface area contributed by atoms with E-state index < -0.39 is 0 Å². The standard InChI is InChI=1S/C10H16N2O2S/c1-4-12(7-10(13)14-3)6-9-5-11-8(2)15-9/h5H,4,6-7H2,1-3H3. The number of carbonyl (C=O) groups excluding carboxylic acids is 1. The lowest BCUT2D eigenvalue weighted by molar-refractivity contribution is -0.142. The van der Waals surface area contributed by atoms with Gasteiger partial charge in [-0.3, -0.25) is 9.69 Å². The monoisotopic (exact) mass is 228 g/mol. The second-order valence-electron chi connectivity index (χ2n) is 3.23. The van der Waals surface area contributed by atoms with Crippen LogP contribution in [0.1, 0.15) is 16.8 Å². The van der Waals surface area contributed by atoms with Gasteiger partial charge in [0.15, 0.2) is 0 Å². The minimum atomic E-state index is -0.196. The Bertz CT molecular complexity index is 325. The van der Waals surface area contributed by atoms with Crippen LogP contribution >= 0.6 is 11.3 Å². The molecule has 1 aromatic heterocycles. The molecule has 0 aliphatic carbocycles. The Kier molecular flexibility index (Phi) is 4.71. The summed E-state index contributed by atoms with van der Waals surface area (Å²) >= 11 is 1.66. The maximum atomic E-state index is 11.1. The summed E-state index contributed by atoms with van der Waals surface area (Å²) in [6.07, 6.45) is 1.86. The van der Waals surface area contributed by atoms with Crippen LogP contribution < -0.4 is 0 Å². The van der Waals surface area contributed by atoms with Gasteiger partial charge in [0.2, 0.25) is 0 Å². The maximum absolute atomic E-state index is 11.1. The van der Waals surface area contributed by atoms with Crippen molar-refractivity contribution >= 4 is 17.3 Å². The smallest absolute Gasteiger partial charge is 0.319 e. The van der Waals surface area contributed by atoms with Crippen LogP contribution in [0.5, 0.6) is 0 Å². The van der Waals surface area contributed by atoms with Gasteiger partial charge in [-0.05, 0) is 13.5 Å². The largest absolute Gasteiger partial charge is 0.468 e. The zero-order chi connectivity index (χ0) is 11.3. The fourth-order valence-electron chi connectivity index (χ4n) is 1.23. The van der Waals surface area contributed by atoms with Crippen LogP contribution in [0.2, 0.25) is 0 Å². The number of methoxy groups -OCH3 is 1. The van der Waals surface area contributed by atoms with Gasteiger partial charge in [-0.25, -0.2) is 4.98 Å². The molecule has 15 heavy (non-hydrogen) atoms. The molecule has 0 radical (unpaired) electrons. The zero-order valence-corrected chi connectivity index (χ0v) is 10.1. The van der Waals surface area contributed by atoms with E-state index in [1.807, 2.05) is 24.9 Å². The van der Waals surface area contributed by atoms with Crippen LogP contribution in [0.15, 0.2) is 6.20 Å². The lowest BCUT2D eigenvalue weighted by Crippen LogP contribution is -2.29. The lowest BCUT2D eigenvalue weighted by Gasteiger charge is -2.17. The van der Waals surface area contributed by atoms with Crippen LogP contribution in [0.4, 0.5) is 0 Å². The number of ether oxygens (including phenoxy) is 1. The number of carbonyl (C=O) groups is 1. The number of hydrogen-bond donors (Lipinski definition) is 0. The van der Waals surface area contributed by atoms with Crippen molar-refractivity contribution in [1.29, 1.82) is 0 Å². The number of aryl methyl sites for hydroxylation is 1. The first-order chi connectivity index (χ1) is 7.15. The Labute approximate surface area is 93.9 Å². The molecule has 1 aromatic rings. The molecule has 0 spiro atoms. The SMILES string of the molecule is CCN(CC(=O)OC)Cc1cnc(C)s1. The predicted octanol–water partition coefficient (Wildman–Crippen LogP) is 1.45. The van der Waals surface area contributed by atoms with E-state index in [4.69, 9.17) is 0 Å². The van der Waals surface area contributed by atoms with E-state index in [-0.39, 0.29) is 5.97 Å². The molecular formula is C10H16N2O2S. The summed E-state index contributed by atoms with van der Waals surface area (Å²) in [5.41, 5.74) is 0. The normalized spacial score (nSPS) is 10.7. The van der Waals surface area contributed by atoms with Crippen LogP contribution in [0.25, 0.3) is 0 Å². The van der Waals surface area contributed by atoms with Crippen LogP contribution in [0, 0.1) is 6.92 Å². The van der Waals surface area contributed by atoms with Gasteiger partial charge in [-0.2, -0.15) is 0 Å². The topological polar surface area (TPSA) is 42.4 Å². The van der Waals surface area contributed by atoms with Crippen LogP contribution in [0.3, 0.4) is 0 Å². The molecule has 1 heterocycles. The van der Waals surface area contributed by atoms with Crippen molar-refractivity contribution in [2.75, 3.05) is 20.2 Å². The Balaban J connectivity index is 2.50. The molecule has 84 valence electrons. The molecule has 0 amide bonds. The fourth-order valence-corrected chi connectivity index (χ4v) is 2.06. The van der Waals surface area contributed by atoms with Gasteiger partial charge in [0, 0.05) is 17.6 Å². The molecular weight excluding hydrogens is 212 g/mol. The van der Waals surface area contributed by atoms with E-state index in [2.05, 4.69) is 9.72 Å². The van der Waals surface area contributed by atoms with Crippen molar-refractivity contribution < 1.29 is 9.53 Å². The van der Waals surface area contributed by atoms with Crippen molar-refractivity contribution in [1.82, 2.24) is 9.88 Å². The first-order valence-electron chi connectivity index (χ1n) is 4.86. The molecule has 0 saturated heterocycles. The molecule has 0 aromatic carbocycles. The third-order valence-corrected chi connectivity index (χ3v) is 2.97. The summed E-state index contributed by atoms with van der Waals surface area (Å²) in [5.74, 6) is -0.196. The van der Waals surface area contributed by atoms with Gasteiger partial charge in [0.1, 0.15) is 0 Å². The minimum absolute atomic E-state index is 0.196. The minimum Gasteiger partial charge on any atom is -0.468 e. The summed E-state index contributed by atoms with van der Waals surface area (Å²) in [6, 6.07) is 0. The number of esters is 1. The van der Waals surface area contributed by atoms with Gasteiger partial charge < -0.3 is 4.74 Å². The number of hydrogen-bond acceptors (Lipinski definition) is 5. The summed E-state index contributed by atoms with van der Waals surface area (Å²) in [7, 11) is 1.41. The average Bonchev–Trinajstić information content (AvgIpc) is 2.62. The molecule has 0 N–H and O–H groups in total. The first kappa shape index (κ1) is 12.1. The number of aromatic nitrogens is 1. The van der Waals surface area contributed by atoms with Gasteiger partial charge in [-0.1, -0.05) is 6.92 Å². The van der Waals surface area contributed by atoms with Crippen LogP contribution in [-0.2, 0) is 16.1 Å². The molecule has 0 aliphatic heterocycles. The molecule has 0 atom stereocenters. The molecule has 5 heteroatoms. The van der Waals surface area contributed by atoms with Gasteiger partial charge in [0.25, 0.3) is 0 Å². The average molecular weight is 228 g/mol. The predicted molar refractivity (Wildman–Crippen MR) is 59.8 cm³/mol. The number of thiazole rings is 1. The quantitative estimate of drug-likeness (QED) is 0.715. The number of rotatable bonds is 5. The molecule has 0 fully saturated rings. The third kappa shape index (κ3) is 3.97. The molecule has 0 saturated carbocycles. The highest BCUT2D eigenvalue weighted by atomic mass is 32.1. The van der Waals surface area contributed by atoms with Crippen molar-refractivity contribution in [2.45, 2.75) is 20.4 Å². The Morgan fingerprint density at radius 1 is 1.67 bits per heavy atom. The molecule has 0 unspecified atom stereocenters. The van der Waals surface area contributed by atoms with E-state index in [0.717, 1.165) is 18.1 Å². The zero-order valence-electron chi connectivity index (χ0n) is 9.32. The highest BCUT2D eigenvalue weighted by molar-refractivity contribution is 7.11. The highest BCUT2D eigenvalue weighted by Crippen LogP contribution is 2.13. The molecule has 1 rings (SSSR count). The second kappa shape index (κ2) is 5.82. The Hall–Kier alpha value is -0.940. The summed E-state index contributed by atoms with van der Waals surface area (Å²) in [4.78, 5) is 18.5. The lowest BCUT2D eigenvalue weighted by atomic mass is 10.4. The summed E-state index contributed by atoms with van der Waals surface area (Å²) in [5, 5.41) is 1.05. The van der Waals surface area contributed by atoms with E-state index >= 15 is 0 Å². The van der Waals surface area contributed by atoms with Crippen molar-refractivity contribution in [3.63, 3.8) is 0 Å². The van der Waals surface area contributed by atoms with Crippen molar-refractivity contribution in [3.8, 4) is 0 Å². The Morgan fingerprint density at radius 3 is 2.87 bits per heavy atom. The molecule has 4 nitrogen and oxygen atoms in total. The molecule has 0 aliphatic rings. The summed E-state index contributed by atoms with van der Waals surface area (Å²) in [6.45, 7) is 5.93. The highest BCUT2D eigenvalue weighted by Gasteiger charge is 2.10. The number of nitrogens with zero attached hydrogens (tertiary/aromatic N) is 2. The van der Waals surface area contributed by atoms with E-state index in [1.54, 1.807) is 11.3 Å². The second-order valence-corrected chi connectivity index (χ2v) is 4.54. The summed E-state index contributed by atoms with van der Waals surface area (Å²) < 4.78 is 4.63. The van der Waals surface area contributed by atoms with Crippen molar-refractivity contribution in [2.24, 2.45) is 0 Å². The van der Waals surface area contributed by atoms with Gasteiger partial charge in [0.05, 0.1) is 18.7 Å².